The summed E-state index contributed by atoms with van der Waals surface area (Å²) in [6, 6.07) is 7.13. The molecule has 1 aliphatic carbocycles. The van der Waals surface area contributed by atoms with Gasteiger partial charge in [0.2, 0.25) is 0 Å². The Balaban J connectivity index is 2.22. The second-order valence-electron chi connectivity index (χ2n) is 5.10. The molecule has 3 unspecified atom stereocenters. The molecular weight excluding hydrogens is 216 g/mol. The van der Waals surface area contributed by atoms with E-state index in [0.717, 1.165) is 12.8 Å². The highest BCUT2D eigenvalue weighted by molar-refractivity contribution is 5.37. The van der Waals surface area contributed by atoms with Gasteiger partial charge < -0.3 is 5.73 Å². The largest absolute Gasteiger partial charge is 0.327 e. The van der Waals surface area contributed by atoms with E-state index in [1.165, 1.54) is 5.56 Å². The van der Waals surface area contributed by atoms with E-state index in [2.05, 4.69) is 13.8 Å². The minimum atomic E-state index is -0.366. The van der Waals surface area contributed by atoms with Gasteiger partial charge in [0.15, 0.2) is 0 Å². The zero-order chi connectivity index (χ0) is 12.6. The molecule has 1 aliphatic rings. The molecule has 17 heavy (non-hydrogen) atoms. The Kier molecular flexibility index (Phi) is 2.91. The van der Waals surface area contributed by atoms with Crippen molar-refractivity contribution in [1.29, 1.82) is 0 Å². The molecule has 1 aromatic carbocycles. The molecule has 0 aliphatic heterocycles. The molecule has 0 amide bonds. The first-order chi connectivity index (χ1) is 7.99. The molecular formula is C13H18N2O2. The van der Waals surface area contributed by atoms with E-state index in [9.17, 15) is 10.1 Å². The Morgan fingerprint density at radius 1 is 1.47 bits per heavy atom. The highest BCUT2D eigenvalue weighted by atomic mass is 16.6. The maximum absolute atomic E-state index is 10.6. The number of hydrogen-bond donors (Lipinski definition) is 1. The monoisotopic (exact) mass is 234 g/mol. The minimum Gasteiger partial charge on any atom is -0.327 e. The van der Waals surface area contributed by atoms with E-state index >= 15 is 0 Å². The Hall–Kier alpha value is -1.42. The predicted molar refractivity (Wildman–Crippen MR) is 66.8 cm³/mol. The van der Waals surface area contributed by atoms with Crippen molar-refractivity contribution in [1.82, 2.24) is 0 Å². The van der Waals surface area contributed by atoms with E-state index in [-0.39, 0.29) is 22.1 Å². The summed E-state index contributed by atoms with van der Waals surface area (Å²) in [5.74, 6) is 0.434. The molecule has 1 saturated carbocycles. The van der Waals surface area contributed by atoms with Crippen LogP contribution >= 0.6 is 0 Å². The van der Waals surface area contributed by atoms with E-state index in [1.54, 1.807) is 12.1 Å². The van der Waals surface area contributed by atoms with E-state index in [4.69, 9.17) is 5.73 Å². The lowest BCUT2D eigenvalue weighted by Gasteiger charge is -2.52. The highest BCUT2D eigenvalue weighted by Crippen LogP contribution is 2.53. The summed E-state index contributed by atoms with van der Waals surface area (Å²) in [5, 5.41) is 10.6. The Morgan fingerprint density at radius 2 is 2.06 bits per heavy atom. The van der Waals surface area contributed by atoms with Crippen molar-refractivity contribution in [2.75, 3.05) is 0 Å². The van der Waals surface area contributed by atoms with Crippen LogP contribution in [0.25, 0.3) is 0 Å². The Bertz CT molecular complexity index is 430. The summed E-state index contributed by atoms with van der Waals surface area (Å²) in [6.45, 7) is 4.35. The molecule has 1 fully saturated rings. The summed E-state index contributed by atoms with van der Waals surface area (Å²) in [4.78, 5) is 10.2. The van der Waals surface area contributed by atoms with Gasteiger partial charge >= 0.3 is 0 Å². The van der Waals surface area contributed by atoms with Crippen LogP contribution in [0.4, 0.5) is 5.69 Å². The van der Waals surface area contributed by atoms with Gasteiger partial charge in [0.1, 0.15) is 0 Å². The number of hydrogen-bond acceptors (Lipinski definition) is 3. The number of benzene rings is 1. The molecule has 1 aromatic rings. The van der Waals surface area contributed by atoms with Crippen molar-refractivity contribution in [3.05, 3.63) is 39.9 Å². The number of nitro groups is 1. The first-order valence-electron chi connectivity index (χ1n) is 5.99. The van der Waals surface area contributed by atoms with Crippen molar-refractivity contribution in [3.8, 4) is 0 Å². The smallest absolute Gasteiger partial charge is 0.269 e. The van der Waals surface area contributed by atoms with Gasteiger partial charge in [-0.1, -0.05) is 26.0 Å². The van der Waals surface area contributed by atoms with Crippen molar-refractivity contribution >= 4 is 5.69 Å². The molecule has 4 nitrogen and oxygen atoms in total. The van der Waals surface area contributed by atoms with Crippen LogP contribution in [-0.2, 0) is 0 Å². The Labute approximate surface area is 101 Å². The second-order valence-corrected chi connectivity index (χ2v) is 5.10. The van der Waals surface area contributed by atoms with Crippen LogP contribution in [0.5, 0.6) is 0 Å². The lowest BCUT2D eigenvalue weighted by Crippen LogP contribution is -2.54. The topological polar surface area (TPSA) is 69.2 Å². The predicted octanol–water partition coefficient (Wildman–Crippen LogP) is 2.83. The molecule has 0 radical (unpaired) electrons. The fourth-order valence-electron chi connectivity index (χ4n) is 2.74. The third-order valence-corrected chi connectivity index (χ3v) is 4.40. The van der Waals surface area contributed by atoms with Crippen LogP contribution in [0, 0.1) is 15.5 Å². The van der Waals surface area contributed by atoms with Crippen molar-refractivity contribution in [2.24, 2.45) is 11.1 Å². The van der Waals surface area contributed by atoms with Gasteiger partial charge in [0.05, 0.1) is 4.92 Å². The zero-order valence-electron chi connectivity index (χ0n) is 10.2. The number of non-ortho nitro benzene ring substituents is 1. The molecule has 4 heteroatoms. The Morgan fingerprint density at radius 3 is 2.47 bits per heavy atom. The van der Waals surface area contributed by atoms with Gasteiger partial charge in [-0.05, 0) is 29.7 Å². The minimum absolute atomic E-state index is 0.135. The van der Waals surface area contributed by atoms with Gasteiger partial charge in [-0.15, -0.1) is 0 Å². The zero-order valence-corrected chi connectivity index (χ0v) is 10.2. The normalized spacial score (nSPS) is 31.9. The van der Waals surface area contributed by atoms with Gasteiger partial charge in [-0.2, -0.15) is 0 Å². The fourth-order valence-corrected chi connectivity index (χ4v) is 2.74. The molecule has 0 spiro atoms. The van der Waals surface area contributed by atoms with Gasteiger partial charge in [-0.3, -0.25) is 10.1 Å². The first-order valence-corrected chi connectivity index (χ1v) is 5.99. The lowest BCUT2D eigenvalue weighted by atomic mass is 9.54. The fraction of sp³-hybridized carbons (Fsp3) is 0.538. The third-order valence-electron chi connectivity index (χ3n) is 4.40. The molecule has 3 atom stereocenters. The molecule has 0 heterocycles. The molecule has 0 saturated heterocycles. The van der Waals surface area contributed by atoms with Crippen molar-refractivity contribution < 1.29 is 4.92 Å². The lowest BCUT2D eigenvalue weighted by molar-refractivity contribution is -0.384. The number of nitrogens with two attached hydrogens (primary N) is 1. The van der Waals surface area contributed by atoms with E-state index in [1.807, 2.05) is 12.1 Å². The van der Waals surface area contributed by atoms with Gasteiger partial charge in [0.25, 0.3) is 5.69 Å². The van der Waals surface area contributed by atoms with E-state index in [0.29, 0.717) is 5.92 Å². The average Bonchev–Trinajstić information content (AvgIpc) is 2.34. The van der Waals surface area contributed by atoms with E-state index < -0.39 is 0 Å². The van der Waals surface area contributed by atoms with Crippen LogP contribution in [0.15, 0.2) is 24.3 Å². The summed E-state index contributed by atoms with van der Waals surface area (Å²) in [7, 11) is 0. The standard InChI is InChI=1S/C13H18N2O2/c1-3-13(2)11(8-12(13)14)9-4-6-10(7-5-9)15(16)17/h4-7,11-12H,3,8,14H2,1-2H3. The average molecular weight is 234 g/mol. The third kappa shape index (κ3) is 1.82. The summed E-state index contributed by atoms with van der Waals surface area (Å²) in [5.41, 5.74) is 7.52. The number of nitrogens with zero attached hydrogens (tertiary/aromatic N) is 1. The first kappa shape index (κ1) is 12.0. The second kappa shape index (κ2) is 4.11. The molecule has 0 aromatic heterocycles. The molecule has 2 rings (SSSR count). The maximum atomic E-state index is 10.6. The van der Waals surface area contributed by atoms with Crippen LogP contribution in [0.3, 0.4) is 0 Å². The molecule has 2 N–H and O–H groups in total. The van der Waals surface area contributed by atoms with Crippen LogP contribution in [0.1, 0.15) is 38.2 Å². The van der Waals surface area contributed by atoms with Crippen LogP contribution in [0.2, 0.25) is 0 Å². The SMILES string of the molecule is CCC1(C)C(N)CC1c1ccc([N+](=O)[O-])cc1. The summed E-state index contributed by atoms with van der Waals surface area (Å²) >= 11 is 0. The summed E-state index contributed by atoms with van der Waals surface area (Å²) in [6.07, 6.45) is 2.01. The van der Waals surface area contributed by atoms with Crippen molar-refractivity contribution in [3.63, 3.8) is 0 Å². The summed E-state index contributed by atoms with van der Waals surface area (Å²) < 4.78 is 0. The highest BCUT2D eigenvalue weighted by Gasteiger charge is 2.48. The van der Waals surface area contributed by atoms with Gasteiger partial charge in [0, 0.05) is 18.2 Å². The maximum Gasteiger partial charge on any atom is 0.269 e. The molecule has 92 valence electrons. The number of rotatable bonds is 3. The van der Waals surface area contributed by atoms with Gasteiger partial charge in [-0.25, -0.2) is 0 Å². The molecule has 0 bridgehead atoms. The quantitative estimate of drug-likeness (QED) is 0.645. The number of nitro benzene ring substituents is 1. The van der Waals surface area contributed by atoms with Crippen LogP contribution < -0.4 is 5.73 Å². The van der Waals surface area contributed by atoms with Crippen LogP contribution in [-0.4, -0.2) is 11.0 Å². The van der Waals surface area contributed by atoms with Crippen molar-refractivity contribution in [2.45, 2.75) is 38.6 Å².